The standard InChI is InChI=1S/C34H52N2O4/c1-5-7-9-11-13-15-21-39-30-19-17-28(32(37)23-30)25-35-27-34(3,4)36-26-29-18-20-31(24-33(29)38)40-22-16-14-12-10-8-6-2/h17-20,23-26,37-38H,5-16,21-22,27H2,1-4H3. The molecule has 0 fully saturated rings. The third-order valence-electron chi connectivity index (χ3n) is 6.80. The molecule has 0 aliphatic rings. The van der Waals surface area contributed by atoms with Crippen LogP contribution < -0.4 is 9.47 Å². The third kappa shape index (κ3) is 13.9. The molecule has 0 heterocycles. The maximum Gasteiger partial charge on any atom is 0.128 e. The lowest BCUT2D eigenvalue weighted by atomic mass is 10.1. The second-order valence-corrected chi connectivity index (χ2v) is 11.2. The van der Waals surface area contributed by atoms with Crippen LogP contribution in [0.25, 0.3) is 0 Å². The molecule has 6 nitrogen and oxygen atoms in total. The highest BCUT2D eigenvalue weighted by Crippen LogP contribution is 2.25. The van der Waals surface area contributed by atoms with Gasteiger partial charge in [0, 0.05) is 35.7 Å². The van der Waals surface area contributed by atoms with Crippen molar-refractivity contribution in [2.24, 2.45) is 9.98 Å². The summed E-state index contributed by atoms with van der Waals surface area (Å²) in [4.78, 5) is 9.15. The molecule has 0 radical (unpaired) electrons. The summed E-state index contributed by atoms with van der Waals surface area (Å²) >= 11 is 0. The predicted octanol–water partition coefficient (Wildman–Crippen LogP) is 8.89. The molecule has 0 atom stereocenters. The highest BCUT2D eigenvalue weighted by Gasteiger charge is 2.15. The van der Waals surface area contributed by atoms with Gasteiger partial charge in [-0.3, -0.25) is 9.98 Å². The van der Waals surface area contributed by atoms with E-state index >= 15 is 0 Å². The molecule has 0 aliphatic heterocycles. The first-order valence-electron chi connectivity index (χ1n) is 15.3. The SMILES string of the molecule is CCCCCCCCOc1ccc(C=NCC(C)(C)N=Cc2ccc(OCCCCCCCC)cc2O)c(O)c1. The molecule has 40 heavy (non-hydrogen) atoms. The van der Waals surface area contributed by atoms with Crippen molar-refractivity contribution in [3.8, 4) is 23.0 Å². The van der Waals surface area contributed by atoms with Crippen molar-refractivity contribution in [2.75, 3.05) is 19.8 Å². The minimum absolute atomic E-state index is 0.146. The zero-order valence-corrected chi connectivity index (χ0v) is 25.3. The van der Waals surface area contributed by atoms with Crippen LogP contribution >= 0.6 is 0 Å². The number of benzene rings is 2. The summed E-state index contributed by atoms with van der Waals surface area (Å²) in [6.07, 6.45) is 17.9. The second kappa shape index (κ2) is 19.1. The van der Waals surface area contributed by atoms with E-state index in [1.54, 1.807) is 24.6 Å². The number of phenolic OH excluding ortho intramolecular Hbond substituents is 2. The molecule has 2 aromatic rings. The largest absolute Gasteiger partial charge is 0.507 e. The van der Waals surface area contributed by atoms with Gasteiger partial charge in [-0.2, -0.15) is 0 Å². The molecule has 0 aromatic heterocycles. The molecule has 0 unspecified atom stereocenters. The van der Waals surface area contributed by atoms with E-state index in [4.69, 9.17) is 9.47 Å². The van der Waals surface area contributed by atoms with E-state index in [1.807, 2.05) is 38.1 Å². The number of hydrogen-bond acceptors (Lipinski definition) is 6. The Kier molecular flexibility index (Phi) is 15.9. The van der Waals surface area contributed by atoms with E-state index in [-0.39, 0.29) is 11.5 Å². The Morgan fingerprint density at radius 2 is 1.10 bits per heavy atom. The third-order valence-corrected chi connectivity index (χ3v) is 6.80. The van der Waals surface area contributed by atoms with Crippen molar-refractivity contribution in [2.45, 2.75) is 110 Å². The zero-order valence-electron chi connectivity index (χ0n) is 25.3. The molecule has 0 aliphatic carbocycles. The first kappa shape index (κ1) is 33.2. The number of nitrogens with zero attached hydrogens (tertiary/aromatic N) is 2. The maximum absolute atomic E-state index is 10.4. The fourth-order valence-corrected chi connectivity index (χ4v) is 4.24. The van der Waals surface area contributed by atoms with Gasteiger partial charge in [-0.15, -0.1) is 0 Å². The Morgan fingerprint density at radius 1 is 0.650 bits per heavy atom. The molecule has 0 saturated carbocycles. The normalized spacial score (nSPS) is 12.0. The van der Waals surface area contributed by atoms with Crippen molar-refractivity contribution in [1.82, 2.24) is 0 Å². The lowest BCUT2D eigenvalue weighted by molar-refractivity contribution is 0.302. The van der Waals surface area contributed by atoms with Gasteiger partial charge in [0.25, 0.3) is 0 Å². The molecular weight excluding hydrogens is 500 g/mol. The molecule has 6 heteroatoms. The number of unbranched alkanes of at least 4 members (excludes halogenated alkanes) is 10. The van der Waals surface area contributed by atoms with Crippen LogP contribution in [0.5, 0.6) is 23.0 Å². The van der Waals surface area contributed by atoms with Crippen molar-refractivity contribution in [3.63, 3.8) is 0 Å². The Labute approximate surface area is 242 Å². The quantitative estimate of drug-likeness (QED) is 0.120. The summed E-state index contributed by atoms with van der Waals surface area (Å²) < 4.78 is 11.6. The van der Waals surface area contributed by atoms with Crippen molar-refractivity contribution in [1.29, 1.82) is 0 Å². The summed E-state index contributed by atoms with van der Waals surface area (Å²) in [6, 6.07) is 10.7. The van der Waals surface area contributed by atoms with Crippen LogP contribution in [0.2, 0.25) is 0 Å². The van der Waals surface area contributed by atoms with E-state index in [1.165, 1.54) is 64.2 Å². The van der Waals surface area contributed by atoms with Crippen LogP contribution in [-0.4, -0.2) is 47.9 Å². The molecule has 0 spiro atoms. The highest BCUT2D eigenvalue weighted by atomic mass is 16.5. The highest BCUT2D eigenvalue weighted by molar-refractivity contribution is 5.84. The predicted molar refractivity (Wildman–Crippen MR) is 168 cm³/mol. The number of phenols is 2. The number of aliphatic imine (C=N–C) groups is 2. The zero-order chi connectivity index (χ0) is 29.1. The minimum Gasteiger partial charge on any atom is -0.507 e. The maximum atomic E-state index is 10.4. The monoisotopic (exact) mass is 552 g/mol. The average molecular weight is 553 g/mol. The van der Waals surface area contributed by atoms with Gasteiger partial charge in [0.05, 0.1) is 25.3 Å². The molecule has 2 rings (SSSR count). The number of aromatic hydroxyl groups is 2. The van der Waals surface area contributed by atoms with E-state index in [0.29, 0.717) is 42.4 Å². The van der Waals surface area contributed by atoms with Crippen molar-refractivity contribution >= 4 is 12.4 Å². The summed E-state index contributed by atoms with van der Waals surface area (Å²) in [6.45, 7) is 10.2. The fraction of sp³-hybridized carbons (Fsp3) is 0.588. The van der Waals surface area contributed by atoms with Crippen LogP contribution in [0.4, 0.5) is 0 Å². The summed E-state index contributed by atoms with van der Waals surface area (Å²) in [5.74, 6) is 1.64. The Bertz CT molecular complexity index is 1030. The molecule has 2 aromatic carbocycles. The van der Waals surface area contributed by atoms with E-state index in [2.05, 4.69) is 23.8 Å². The number of hydrogen-bond donors (Lipinski definition) is 2. The second-order valence-electron chi connectivity index (χ2n) is 11.2. The van der Waals surface area contributed by atoms with Crippen LogP contribution in [-0.2, 0) is 0 Å². The van der Waals surface area contributed by atoms with Crippen LogP contribution in [0.15, 0.2) is 46.4 Å². The Balaban J connectivity index is 1.78. The van der Waals surface area contributed by atoms with Gasteiger partial charge in [0.2, 0.25) is 0 Å². The van der Waals surface area contributed by atoms with E-state index in [9.17, 15) is 10.2 Å². The lowest BCUT2D eigenvalue weighted by Gasteiger charge is -2.16. The first-order valence-corrected chi connectivity index (χ1v) is 15.3. The minimum atomic E-state index is -0.480. The van der Waals surface area contributed by atoms with Crippen molar-refractivity contribution < 1.29 is 19.7 Å². The van der Waals surface area contributed by atoms with Gasteiger partial charge < -0.3 is 19.7 Å². The fourth-order valence-electron chi connectivity index (χ4n) is 4.24. The van der Waals surface area contributed by atoms with Gasteiger partial charge in [0.1, 0.15) is 23.0 Å². The van der Waals surface area contributed by atoms with Crippen LogP contribution in [0.1, 0.15) is 116 Å². The van der Waals surface area contributed by atoms with Crippen LogP contribution in [0, 0.1) is 0 Å². The van der Waals surface area contributed by atoms with Gasteiger partial charge in [-0.05, 0) is 51.0 Å². The summed E-state index contributed by atoms with van der Waals surface area (Å²) in [5, 5.41) is 20.8. The van der Waals surface area contributed by atoms with Crippen LogP contribution in [0.3, 0.4) is 0 Å². The Hall–Kier alpha value is -3.02. The van der Waals surface area contributed by atoms with Gasteiger partial charge >= 0.3 is 0 Å². The molecular formula is C34H52N2O4. The smallest absolute Gasteiger partial charge is 0.128 e. The molecule has 2 N–H and O–H groups in total. The summed E-state index contributed by atoms with van der Waals surface area (Å²) in [5.41, 5.74) is 0.796. The Morgan fingerprint density at radius 3 is 1.57 bits per heavy atom. The topological polar surface area (TPSA) is 83.6 Å². The van der Waals surface area contributed by atoms with Gasteiger partial charge in [0.15, 0.2) is 0 Å². The van der Waals surface area contributed by atoms with Crippen molar-refractivity contribution in [3.05, 3.63) is 47.5 Å². The lowest BCUT2D eigenvalue weighted by Crippen LogP contribution is -2.21. The molecule has 0 amide bonds. The van der Waals surface area contributed by atoms with E-state index in [0.717, 1.165) is 12.8 Å². The van der Waals surface area contributed by atoms with Gasteiger partial charge in [-0.1, -0.05) is 78.1 Å². The van der Waals surface area contributed by atoms with E-state index < -0.39 is 5.54 Å². The first-order chi connectivity index (χ1) is 19.3. The number of ether oxygens (including phenoxy) is 2. The average Bonchev–Trinajstić information content (AvgIpc) is 2.92. The molecule has 0 bridgehead atoms. The molecule has 222 valence electrons. The number of rotatable bonds is 21. The van der Waals surface area contributed by atoms with Gasteiger partial charge in [-0.25, -0.2) is 0 Å². The molecule has 0 saturated heterocycles. The summed E-state index contributed by atoms with van der Waals surface area (Å²) in [7, 11) is 0.